The van der Waals surface area contributed by atoms with Crippen LogP contribution in [0.25, 0.3) is 0 Å². The van der Waals surface area contributed by atoms with Crippen molar-refractivity contribution in [3.05, 3.63) is 35.4 Å². The molecule has 2 heteroatoms. The maximum absolute atomic E-state index is 13.2. The lowest BCUT2D eigenvalue weighted by Crippen LogP contribution is -2.39. The first-order valence-corrected chi connectivity index (χ1v) is 5.57. The average molecular weight is 207 g/mol. The molecular weight excluding hydrogens is 189 g/mol. The second-order valence-corrected chi connectivity index (χ2v) is 4.61. The molecule has 0 saturated carbocycles. The maximum Gasteiger partial charge on any atom is 0.0966 e. The Bertz CT molecular complexity index is 337. The minimum atomic E-state index is -0.220. The molecule has 82 valence electrons. The van der Waals surface area contributed by atoms with Crippen LogP contribution >= 0.6 is 0 Å². The van der Waals surface area contributed by atoms with Crippen LogP contribution in [0.3, 0.4) is 0 Å². The molecule has 1 unspecified atom stereocenters. The van der Waals surface area contributed by atoms with Crippen LogP contribution < -0.4 is 5.32 Å². The van der Waals surface area contributed by atoms with Gasteiger partial charge in [0.25, 0.3) is 0 Å². The zero-order chi connectivity index (χ0) is 10.7. The third-order valence-electron chi connectivity index (χ3n) is 3.44. The van der Waals surface area contributed by atoms with Crippen molar-refractivity contribution in [3.8, 4) is 0 Å². The van der Waals surface area contributed by atoms with Crippen LogP contribution in [0.4, 0.5) is 4.39 Å². The Morgan fingerprint density at radius 3 is 2.73 bits per heavy atom. The Morgan fingerprint density at radius 1 is 1.33 bits per heavy atom. The van der Waals surface area contributed by atoms with Gasteiger partial charge in [-0.2, -0.15) is 0 Å². The second kappa shape index (κ2) is 4.31. The van der Waals surface area contributed by atoms with E-state index < -0.39 is 0 Å². The maximum atomic E-state index is 13.2. The molecule has 1 aliphatic rings. The highest BCUT2D eigenvalue weighted by Crippen LogP contribution is 2.35. The van der Waals surface area contributed by atoms with E-state index in [1.165, 1.54) is 11.1 Å². The molecule has 0 spiro atoms. The van der Waals surface area contributed by atoms with Crippen LogP contribution in [0, 0.1) is 5.41 Å². The molecular formula is C13H18FN. The zero-order valence-corrected chi connectivity index (χ0v) is 9.22. The summed E-state index contributed by atoms with van der Waals surface area (Å²) in [7, 11) is 1.90. The summed E-state index contributed by atoms with van der Waals surface area (Å²) in [6, 6.07) is 8.41. The molecule has 0 aliphatic heterocycles. The largest absolute Gasteiger partial charge is 0.319 e. The quantitative estimate of drug-likeness (QED) is 0.802. The first kappa shape index (κ1) is 10.6. The van der Waals surface area contributed by atoms with Gasteiger partial charge in [-0.25, -0.2) is 0 Å². The minimum absolute atomic E-state index is 0.164. The minimum Gasteiger partial charge on any atom is -0.319 e. The van der Waals surface area contributed by atoms with Gasteiger partial charge in [-0.05, 0) is 37.4 Å². The van der Waals surface area contributed by atoms with E-state index in [2.05, 4.69) is 23.5 Å². The number of benzene rings is 1. The number of hydrogen-bond acceptors (Lipinski definition) is 1. The Labute approximate surface area is 90.7 Å². The third kappa shape index (κ3) is 2.05. The lowest BCUT2D eigenvalue weighted by Gasteiger charge is -2.35. The Hall–Kier alpha value is -0.890. The fourth-order valence-corrected chi connectivity index (χ4v) is 2.55. The average Bonchev–Trinajstić information content (AvgIpc) is 2.29. The molecule has 1 nitrogen and oxygen atoms in total. The van der Waals surface area contributed by atoms with Crippen molar-refractivity contribution in [3.63, 3.8) is 0 Å². The molecule has 0 amide bonds. The molecule has 1 atom stereocenters. The first-order chi connectivity index (χ1) is 7.29. The van der Waals surface area contributed by atoms with E-state index in [0.29, 0.717) is 0 Å². The molecule has 0 fully saturated rings. The van der Waals surface area contributed by atoms with E-state index in [1.54, 1.807) is 0 Å². The summed E-state index contributed by atoms with van der Waals surface area (Å²) in [5.41, 5.74) is 2.57. The molecule has 15 heavy (non-hydrogen) atoms. The van der Waals surface area contributed by atoms with Crippen molar-refractivity contribution in [2.75, 3.05) is 20.3 Å². The summed E-state index contributed by atoms with van der Waals surface area (Å²) in [4.78, 5) is 0. The van der Waals surface area contributed by atoms with Crippen molar-refractivity contribution < 1.29 is 4.39 Å². The van der Waals surface area contributed by atoms with Gasteiger partial charge >= 0.3 is 0 Å². The van der Waals surface area contributed by atoms with Crippen LogP contribution in [0.2, 0.25) is 0 Å². The molecule has 0 heterocycles. The van der Waals surface area contributed by atoms with E-state index in [9.17, 15) is 4.39 Å². The molecule has 0 bridgehead atoms. The monoisotopic (exact) mass is 207 g/mol. The van der Waals surface area contributed by atoms with Crippen LogP contribution in [-0.4, -0.2) is 20.3 Å². The number of fused-ring (bicyclic) bond motifs is 1. The lowest BCUT2D eigenvalue weighted by molar-refractivity contribution is 0.175. The Kier molecular flexibility index (Phi) is 3.06. The van der Waals surface area contributed by atoms with Crippen LogP contribution in [0.1, 0.15) is 17.5 Å². The van der Waals surface area contributed by atoms with Crippen molar-refractivity contribution in [1.82, 2.24) is 5.32 Å². The van der Waals surface area contributed by atoms with E-state index in [4.69, 9.17) is 0 Å². The van der Waals surface area contributed by atoms with Gasteiger partial charge in [0, 0.05) is 12.0 Å². The van der Waals surface area contributed by atoms with E-state index in [1.807, 2.05) is 13.1 Å². The van der Waals surface area contributed by atoms with Crippen molar-refractivity contribution in [1.29, 1.82) is 0 Å². The fraction of sp³-hybridized carbons (Fsp3) is 0.538. The predicted molar refractivity (Wildman–Crippen MR) is 60.8 cm³/mol. The molecule has 0 aromatic heterocycles. The number of aryl methyl sites for hydroxylation is 1. The smallest absolute Gasteiger partial charge is 0.0966 e. The van der Waals surface area contributed by atoms with Crippen LogP contribution in [0.5, 0.6) is 0 Å². The van der Waals surface area contributed by atoms with Gasteiger partial charge in [0.1, 0.15) is 0 Å². The highest BCUT2D eigenvalue weighted by molar-refractivity contribution is 5.31. The molecule has 1 aromatic carbocycles. The normalized spacial score (nSPS) is 24.9. The standard InChI is InChI=1S/C13H18FN/c1-15-10-13(9-14)7-6-11-4-2-3-5-12(11)8-13/h2-5,15H,6-10H2,1H3. The molecule has 2 rings (SSSR count). The summed E-state index contributed by atoms with van der Waals surface area (Å²) >= 11 is 0. The topological polar surface area (TPSA) is 12.0 Å². The first-order valence-electron chi connectivity index (χ1n) is 5.57. The Balaban J connectivity index is 2.22. The van der Waals surface area contributed by atoms with E-state index >= 15 is 0 Å². The number of rotatable bonds is 3. The van der Waals surface area contributed by atoms with Gasteiger partial charge < -0.3 is 5.32 Å². The number of alkyl halides is 1. The third-order valence-corrected chi connectivity index (χ3v) is 3.44. The highest BCUT2D eigenvalue weighted by Gasteiger charge is 2.33. The SMILES string of the molecule is CNCC1(CF)CCc2ccccc2C1. The number of nitrogens with one attached hydrogen (secondary N) is 1. The van der Waals surface area contributed by atoms with Crippen molar-refractivity contribution in [2.24, 2.45) is 5.41 Å². The van der Waals surface area contributed by atoms with Gasteiger partial charge in [0.05, 0.1) is 6.67 Å². The summed E-state index contributed by atoms with van der Waals surface area (Å²) < 4.78 is 13.2. The molecule has 0 saturated heterocycles. The summed E-state index contributed by atoms with van der Waals surface area (Å²) in [5.74, 6) is 0. The van der Waals surface area contributed by atoms with E-state index in [-0.39, 0.29) is 12.1 Å². The van der Waals surface area contributed by atoms with E-state index in [0.717, 1.165) is 25.8 Å². The van der Waals surface area contributed by atoms with Gasteiger partial charge in [-0.15, -0.1) is 0 Å². The van der Waals surface area contributed by atoms with Gasteiger partial charge in [-0.3, -0.25) is 4.39 Å². The van der Waals surface area contributed by atoms with Crippen molar-refractivity contribution in [2.45, 2.75) is 19.3 Å². The summed E-state index contributed by atoms with van der Waals surface area (Å²) in [5, 5.41) is 3.12. The van der Waals surface area contributed by atoms with Crippen LogP contribution in [0.15, 0.2) is 24.3 Å². The summed E-state index contributed by atoms with van der Waals surface area (Å²) in [6.07, 6.45) is 2.85. The second-order valence-electron chi connectivity index (χ2n) is 4.61. The number of halogens is 1. The molecule has 0 radical (unpaired) electrons. The number of hydrogen-bond donors (Lipinski definition) is 1. The van der Waals surface area contributed by atoms with Gasteiger partial charge in [-0.1, -0.05) is 24.3 Å². The summed E-state index contributed by atoms with van der Waals surface area (Å²) in [6.45, 7) is 0.556. The molecule has 1 aliphatic carbocycles. The fourth-order valence-electron chi connectivity index (χ4n) is 2.55. The highest BCUT2D eigenvalue weighted by atomic mass is 19.1. The molecule has 1 N–H and O–H groups in total. The zero-order valence-electron chi connectivity index (χ0n) is 9.22. The predicted octanol–water partition coefficient (Wildman–Crippen LogP) is 2.35. The van der Waals surface area contributed by atoms with Gasteiger partial charge in [0.2, 0.25) is 0 Å². The van der Waals surface area contributed by atoms with Gasteiger partial charge in [0.15, 0.2) is 0 Å². The van der Waals surface area contributed by atoms with Crippen LogP contribution in [-0.2, 0) is 12.8 Å². The lowest BCUT2D eigenvalue weighted by atomic mass is 9.72. The molecule has 1 aromatic rings. The van der Waals surface area contributed by atoms with Crippen molar-refractivity contribution >= 4 is 0 Å². The Morgan fingerprint density at radius 2 is 2.07 bits per heavy atom.